The summed E-state index contributed by atoms with van der Waals surface area (Å²) in [5.41, 5.74) is -0.965. The van der Waals surface area contributed by atoms with Crippen molar-refractivity contribution in [3.63, 3.8) is 0 Å². The standard InChI is InChI=1S/C15H11Cl2F3N2O2/c1-2-24-11-4-3-9(15(18,19)20)7-10(11)21-14(23)8-5-12(16)22-13(17)6-8/h3-7H,2H2,1H3,(H,21,23). The number of alkyl halides is 3. The molecule has 1 aromatic carbocycles. The first-order valence-electron chi connectivity index (χ1n) is 6.69. The van der Waals surface area contributed by atoms with E-state index in [2.05, 4.69) is 10.3 Å². The Hall–Kier alpha value is -1.99. The predicted octanol–water partition coefficient (Wildman–Crippen LogP) is 5.06. The second-order valence-electron chi connectivity index (χ2n) is 4.60. The van der Waals surface area contributed by atoms with Gasteiger partial charge in [-0.25, -0.2) is 4.98 Å². The maximum absolute atomic E-state index is 12.9. The van der Waals surface area contributed by atoms with Crippen LogP contribution in [0.2, 0.25) is 10.3 Å². The van der Waals surface area contributed by atoms with Gasteiger partial charge in [-0.05, 0) is 37.3 Å². The van der Waals surface area contributed by atoms with Crippen LogP contribution in [0.5, 0.6) is 5.75 Å². The Morgan fingerprint density at radius 1 is 1.21 bits per heavy atom. The van der Waals surface area contributed by atoms with Gasteiger partial charge in [-0.15, -0.1) is 0 Å². The van der Waals surface area contributed by atoms with Crippen LogP contribution in [0.4, 0.5) is 18.9 Å². The number of nitrogens with one attached hydrogen (secondary N) is 1. The molecule has 1 heterocycles. The molecule has 0 atom stereocenters. The first kappa shape index (κ1) is 18.4. The van der Waals surface area contributed by atoms with E-state index in [0.717, 1.165) is 18.2 Å². The van der Waals surface area contributed by atoms with Gasteiger partial charge in [0.1, 0.15) is 16.1 Å². The molecule has 0 aliphatic carbocycles. The second-order valence-corrected chi connectivity index (χ2v) is 5.37. The van der Waals surface area contributed by atoms with Crippen LogP contribution in [-0.2, 0) is 6.18 Å². The average molecular weight is 379 g/mol. The van der Waals surface area contributed by atoms with E-state index in [-0.39, 0.29) is 33.9 Å². The number of nitrogens with zero attached hydrogens (tertiary/aromatic N) is 1. The highest BCUT2D eigenvalue weighted by Crippen LogP contribution is 2.35. The monoisotopic (exact) mass is 378 g/mol. The van der Waals surface area contributed by atoms with Crippen LogP contribution in [0.1, 0.15) is 22.8 Å². The number of hydrogen-bond acceptors (Lipinski definition) is 3. The van der Waals surface area contributed by atoms with Gasteiger partial charge in [-0.2, -0.15) is 13.2 Å². The Bertz CT molecular complexity index is 747. The molecule has 1 N–H and O–H groups in total. The minimum atomic E-state index is -4.55. The minimum absolute atomic E-state index is 0.0123. The lowest BCUT2D eigenvalue weighted by atomic mass is 10.1. The number of hydrogen-bond donors (Lipinski definition) is 1. The number of ether oxygens (including phenoxy) is 1. The van der Waals surface area contributed by atoms with Crippen LogP contribution in [-0.4, -0.2) is 17.5 Å². The number of aromatic nitrogens is 1. The number of benzene rings is 1. The third-order valence-electron chi connectivity index (χ3n) is 2.88. The molecule has 24 heavy (non-hydrogen) atoms. The molecule has 1 aromatic heterocycles. The highest BCUT2D eigenvalue weighted by molar-refractivity contribution is 6.33. The molecule has 0 aliphatic heterocycles. The summed E-state index contributed by atoms with van der Waals surface area (Å²) in [4.78, 5) is 15.9. The van der Waals surface area contributed by atoms with Crippen LogP contribution in [0.3, 0.4) is 0 Å². The van der Waals surface area contributed by atoms with Gasteiger partial charge >= 0.3 is 6.18 Å². The smallest absolute Gasteiger partial charge is 0.416 e. The lowest BCUT2D eigenvalue weighted by Crippen LogP contribution is -2.14. The number of rotatable bonds is 4. The summed E-state index contributed by atoms with van der Waals surface area (Å²) in [6.45, 7) is 1.90. The van der Waals surface area contributed by atoms with Crippen LogP contribution < -0.4 is 10.1 Å². The van der Waals surface area contributed by atoms with Crippen molar-refractivity contribution >= 4 is 34.8 Å². The summed E-state index contributed by atoms with van der Waals surface area (Å²) in [5.74, 6) is -0.577. The van der Waals surface area contributed by atoms with Gasteiger partial charge in [0.2, 0.25) is 0 Å². The van der Waals surface area contributed by atoms with Crippen molar-refractivity contribution in [2.24, 2.45) is 0 Å². The van der Waals surface area contributed by atoms with E-state index in [1.807, 2.05) is 0 Å². The molecule has 0 unspecified atom stereocenters. The van der Waals surface area contributed by atoms with Crippen molar-refractivity contribution in [3.05, 3.63) is 51.8 Å². The molecule has 2 aromatic rings. The Morgan fingerprint density at radius 3 is 2.38 bits per heavy atom. The zero-order chi connectivity index (χ0) is 17.9. The summed E-state index contributed by atoms with van der Waals surface area (Å²) >= 11 is 11.4. The van der Waals surface area contributed by atoms with Gasteiger partial charge in [-0.1, -0.05) is 23.2 Å². The third kappa shape index (κ3) is 4.52. The van der Waals surface area contributed by atoms with E-state index in [4.69, 9.17) is 27.9 Å². The molecule has 9 heteroatoms. The fourth-order valence-corrected chi connectivity index (χ4v) is 2.34. The van der Waals surface area contributed by atoms with E-state index in [1.165, 1.54) is 12.1 Å². The molecule has 0 radical (unpaired) electrons. The number of carbonyl (C=O) groups excluding carboxylic acids is 1. The molecule has 0 aliphatic rings. The summed E-state index contributed by atoms with van der Waals surface area (Å²) < 4.78 is 43.8. The van der Waals surface area contributed by atoms with E-state index < -0.39 is 17.6 Å². The van der Waals surface area contributed by atoms with Crippen molar-refractivity contribution in [3.8, 4) is 5.75 Å². The normalized spacial score (nSPS) is 11.2. The maximum atomic E-state index is 12.9. The van der Waals surface area contributed by atoms with Crippen molar-refractivity contribution in [1.82, 2.24) is 4.98 Å². The summed E-state index contributed by atoms with van der Waals surface area (Å²) in [7, 11) is 0. The van der Waals surface area contributed by atoms with Gasteiger partial charge in [0.25, 0.3) is 5.91 Å². The molecular weight excluding hydrogens is 368 g/mol. The second kappa shape index (κ2) is 7.27. The largest absolute Gasteiger partial charge is 0.492 e. The summed E-state index contributed by atoms with van der Waals surface area (Å²) in [6, 6.07) is 5.32. The van der Waals surface area contributed by atoms with E-state index in [9.17, 15) is 18.0 Å². The van der Waals surface area contributed by atoms with Gasteiger partial charge in [0.05, 0.1) is 17.9 Å². The van der Waals surface area contributed by atoms with Crippen LogP contribution >= 0.6 is 23.2 Å². The van der Waals surface area contributed by atoms with Gasteiger partial charge in [0, 0.05) is 5.56 Å². The predicted molar refractivity (Wildman–Crippen MR) is 84.8 cm³/mol. The summed E-state index contributed by atoms with van der Waals surface area (Å²) in [5, 5.41) is 2.34. The highest BCUT2D eigenvalue weighted by Gasteiger charge is 2.31. The number of carbonyl (C=O) groups is 1. The lowest BCUT2D eigenvalue weighted by molar-refractivity contribution is -0.137. The Morgan fingerprint density at radius 2 is 1.83 bits per heavy atom. The first-order valence-corrected chi connectivity index (χ1v) is 7.44. The third-order valence-corrected chi connectivity index (χ3v) is 3.27. The SMILES string of the molecule is CCOc1ccc(C(F)(F)F)cc1NC(=O)c1cc(Cl)nc(Cl)c1. The number of amides is 1. The fraction of sp³-hybridized carbons (Fsp3) is 0.200. The van der Waals surface area contributed by atoms with Crippen molar-refractivity contribution in [1.29, 1.82) is 0 Å². The molecule has 128 valence electrons. The number of halogens is 5. The lowest BCUT2D eigenvalue weighted by Gasteiger charge is -2.14. The Labute approximate surface area is 145 Å². The minimum Gasteiger partial charge on any atom is -0.492 e. The van der Waals surface area contributed by atoms with E-state index >= 15 is 0 Å². The average Bonchev–Trinajstić information content (AvgIpc) is 2.47. The molecule has 1 amide bonds. The zero-order valence-electron chi connectivity index (χ0n) is 12.2. The Kier molecular flexibility index (Phi) is 5.56. The van der Waals surface area contributed by atoms with Crippen molar-refractivity contribution < 1.29 is 22.7 Å². The van der Waals surface area contributed by atoms with Gasteiger partial charge in [-0.3, -0.25) is 4.79 Å². The molecule has 0 fully saturated rings. The zero-order valence-corrected chi connectivity index (χ0v) is 13.8. The molecule has 4 nitrogen and oxygen atoms in total. The Balaban J connectivity index is 2.37. The molecule has 0 saturated heterocycles. The fourth-order valence-electron chi connectivity index (χ4n) is 1.88. The van der Waals surface area contributed by atoms with Gasteiger partial charge < -0.3 is 10.1 Å². The van der Waals surface area contributed by atoms with Crippen LogP contribution in [0.25, 0.3) is 0 Å². The van der Waals surface area contributed by atoms with E-state index in [1.54, 1.807) is 6.92 Å². The quantitative estimate of drug-likeness (QED) is 0.756. The van der Waals surface area contributed by atoms with Crippen LogP contribution in [0, 0.1) is 0 Å². The highest BCUT2D eigenvalue weighted by atomic mass is 35.5. The maximum Gasteiger partial charge on any atom is 0.416 e. The number of pyridine rings is 1. The molecule has 0 bridgehead atoms. The summed E-state index contributed by atoms with van der Waals surface area (Å²) in [6.07, 6.45) is -4.55. The first-order chi connectivity index (χ1) is 11.2. The van der Waals surface area contributed by atoms with Crippen LogP contribution in [0.15, 0.2) is 30.3 Å². The molecule has 2 rings (SSSR count). The van der Waals surface area contributed by atoms with Crippen molar-refractivity contribution in [2.45, 2.75) is 13.1 Å². The number of anilines is 1. The molecular formula is C15H11Cl2F3N2O2. The van der Waals surface area contributed by atoms with E-state index in [0.29, 0.717) is 0 Å². The van der Waals surface area contributed by atoms with Crippen molar-refractivity contribution in [2.75, 3.05) is 11.9 Å². The topological polar surface area (TPSA) is 51.2 Å². The van der Waals surface area contributed by atoms with Gasteiger partial charge in [0.15, 0.2) is 0 Å². The molecule has 0 saturated carbocycles. The molecule has 0 spiro atoms.